The molecule has 0 radical (unpaired) electrons. The van der Waals surface area contributed by atoms with Gasteiger partial charge in [-0.1, -0.05) is 12.8 Å². The third kappa shape index (κ3) is 3.83. The van der Waals surface area contributed by atoms with Crippen LogP contribution in [0.1, 0.15) is 49.2 Å². The number of nitrogens with zero attached hydrogens (tertiary/aromatic N) is 6. The van der Waals surface area contributed by atoms with E-state index in [1.807, 2.05) is 28.9 Å². The molecule has 0 spiro atoms. The predicted octanol–water partition coefficient (Wildman–Crippen LogP) is 1.98. The lowest BCUT2D eigenvalue weighted by molar-refractivity contribution is 0.120. The summed E-state index contributed by atoms with van der Waals surface area (Å²) in [5.41, 5.74) is 1.35. The van der Waals surface area contributed by atoms with Gasteiger partial charge in [-0.15, -0.1) is 5.10 Å². The highest BCUT2D eigenvalue weighted by Crippen LogP contribution is 2.34. The quantitative estimate of drug-likeness (QED) is 0.671. The van der Waals surface area contributed by atoms with Crippen molar-refractivity contribution in [1.82, 2.24) is 35.0 Å². The Morgan fingerprint density at radius 3 is 2.65 bits per heavy atom. The van der Waals surface area contributed by atoms with E-state index in [2.05, 4.69) is 37.4 Å². The molecule has 2 aromatic heterocycles. The van der Waals surface area contributed by atoms with Gasteiger partial charge in [0.1, 0.15) is 11.8 Å². The number of aromatic nitrogens is 5. The van der Waals surface area contributed by atoms with Gasteiger partial charge >= 0.3 is 0 Å². The minimum atomic E-state index is -0.278. The van der Waals surface area contributed by atoms with Crippen LogP contribution < -0.4 is 10.3 Å². The number of tetrazole rings is 1. The summed E-state index contributed by atoms with van der Waals surface area (Å²) >= 11 is 0. The van der Waals surface area contributed by atoms with Crippen molar-refractivity contribution in [3.05, 3.63) is 46.0 Å². The molecule has 164 valence electrons. The summed E-state index contributed by atoms with van der Waals surface area (Å²) in [5, 5.41) is 13.8. The molecule has 3 heterocycles. The summed E-state index contributed by atoms with van der Waals surface area (Å²) in [5.74, 6) is 1.49. The van der Waals surface area contributed by atoms with Gasteiger partial charge in [0.05, 0.1) is 18.7 Å². The third-order valence-corrected chi connectivity index (χ3v) is 6.71. The van der Waals surface area contributed by atoms with Crippen LogP contribution in [0.4, 0.5) is 0 Å². The molecule has 5 rings (SSSR count). The lowest BCUT2D eigenvalue weighted by Crippen LogP contribution is -2.47. The van der Waals surface area contributed by atoms with Crippen LogP contribution in [0.25, 0.3) is 10.9 Å². The minimum Gasteiger partial charge on any atom is -0.497 e. The van der Waals surface area contributed by atoms with E-state index in [1.165, 1.54) is 12.8 Å². The second-order valence-electron chi connectivity index (χ2n) is 8.67. The van der Waals surface area contributed by atoms with E-state index in [-0.39, 0.29) is 11.6 Å². The Balaban J connectivity index is 1.62. The van der Waals surface area contributed by atoms with E-state index < -0.39 is 0 Å². The fourth-order valence-corrected chi connectivity index (χ4v) is 4.90. The number of pyridine rings is 1. The molecule has 2 aliphatic rings. The topological polar surface area (TPSA) is 92.2 Å². The van der Waals surface area contributed by atoms with E-state index >= 15 is 0 Å². The van der Waals surface area contributed by atoms with Crippen LogP contribution in [-0.2, 0) is 0 Å². The highest BCUT2D eigenvalue weighted by molar-refractivity contribution is 5.80. The van der Waals surface area contributed by atoms with Crippen molar-refractivity contribution in [2.75, 3.05) is 40.3 Å². The Kier molecular flexibility index (Phi) is 5.45. The van der Waals surface area contributed by atoms with Gasteiger partial charge < -0.3 is 14.6 Å². The number of aromatic amines is 1. The van der Waals surface area contributed by atoms with Gasteiger partial charge in [0.25, 0.3) is 5.56 Å². The largest absolute Gasteiger partial charge is 0.497 e. The van der Waals surface area contributed by atoms with E-state index in [9.17, 15) is 4.79 Å². The maximum atomic E-state index is 13.3. The van der Waals surface area contributed by atoms with Crippen molar-refractivity contribution in [3.8, 4) is 5.75 Å². The van der Waals surface area contributed by atoms with Crippen molar-refractivity contribution in [3.63, 3.8) is 0 Å². The molecule has 9 nitrogen and oxygen atoms in total. The first kappa shape index (κ1) is 20.1. The summed E-state index contributed by atoms with van der Waals surface area (Å²) in [6, 6.07) is 7.77. The van der Waals surface area contributed by atoms with Crippen LogP contribution in [0.2, 0.25) is 0 Å². The van der Waals surface area contributed by atoms with Crippen molar-refractivity contribution in [2.24, 2.45) is 0 Å². The molecule has 1 N–H and O–H groups in total. The van der Waals surface area contributed by atoms with Crippen molar-refractivity contribution >= 4 is 10.9 Å². The summed E-state index contributed by atoms with van der Waals surface area (Å²) < 4.78 is 7.29. The number of ether oxygens (including phenoxy) is 1. The number of rotatable bonds is 5. The smallest absolute Gasteiger partial charge is 0.253 e. The van der Waals surface area contributed by atoms with Crippen LogP contribution >= 0.6 is 0 Å². The maximum absolute atomic E-state index is 13.3. The molecule has 1 saturated carbocycles. The normalized spacial score (nSPS) is 19.8. The van der Waals surface area contributed by atoms with Gasteiger partial charge in [0.2, 0.25) is 0 Å². The molecule has 9 heteroatoms. The Bertz CT molecular complexity index is 1110. The average molecular weight is 424 g/mol. The average Bonchev–Trinajstić information content (AvgIpc) is 3.47. The first-order valence-corrected chi connectivity index (χ1v) is 11.1. The first-order chi connectivity index (χ1) is 15.1. The number of fused-ring (bicyclic) bond motifs is 1. The zero-order valence-electron chi connectivity index (χ0n) is 18.1. The van der Waals surface area contributed by atoms with Gasteiger partial charge in [0, 0.05) is 37.8 Å². The van der Waals surface area contributed by atoms with Crippen molar-refractivity contribution in [2.45, 2.75) is 37.8 Å². The number of H-pyrrole nitrogens is 1. The Morgan fingerprint density at radius 1 is 1.13 bits per heavy atom. The highest BCUT2D eigenvalue weighted by atomic mass is 16.5. The van der Waals surface area contributed by atoms with Gasteiger partial charge in [-0.3, -0.25) is 9.69 Å². The van der Waals surface area contributed by atoms with E-state index in [0.717, 1.165) is 61.5 Å². The molecule has 1 aromatic carbocycles. The monoisotopic (exact) mass is 423 g/mol. The second kappa shape index (κ2) is 8.39. The zero-order valence-corrected chi connectivity index (χ0v) is 18.1. The van der Waals surface area contributed by atoms with Crippen LogP contribution in [0.5, 0.6) is 5.75 Å². The molecule has 0 amide bonds. The number of hydrogen-bond acceptors (Lipinski definition) is 7. The van der Waals surface area contributed by atoms with Crippen molar-refractivity contribution < 1.29 is 4.74 Å². The molecule has 1 aliphatic heterocycles. The maximum Gasteiger partial charge on any atom is 0.253 e. The van der Waals surface area contributed by atoms with Crippen LogP contribution in [0.15, 0.2) is 29.1 Å². The number of hydrogen-bond donors (Lipinski definition) is 1. The van der Waals surface area contributed by atoms with Gasteiger partial charge in [0.15, 0.2) is 5.82 Å². The van der Waals surface area contributed by atoms with Crippen LogP contribution in [0.3, 0.4) is 0 Å². The summed E-state index contributed by atoms with van der Waals surface area (Å²) in [4.78, 5) is 21.0. The van der Waals surface area contributed by atoms with Crippen molar-refractivity contribution in [1.29, 1.82) is 0 Å². The highest BCUT2D eigenvalue weighted by Gasteiger charge is 2.34. The number of benzene rings is 1. The number of piperazine rings is 1. The molecule has 3 aromatic rings. The Labute approximate surface area is 181 Å². The summed E-state index contributed by atoms with van der Waals surface area (Å²) in [7, 11) is 3.76. The molecular formula is C22H29N7O2. The number of methoxy groups -OCH3 is 1. The van der Waals surface area contributed by atoms with E-state index in [0.29, 0.717) is 11.6 Å². The lowest BCUT2D eigenvalue weighted by Gasteiger charge is -2.37. The van der Waals surface area contributed by atoms with E-state index in [1.54, 1.807) is 7.11 Å². The molecule has 1 saturated heterocycles. The zero-order chi connectivity index (χ0) is 21.4. The molecular weight excluding hydrogens is 394 g/mol. The standard InChI is InChI=1S/C22H29N7O2/c1-27-9-11-28(12-10-27)20(21-24-25-26-29(21)16-5-3-4-6-16)18-13-15-7-8-17(31-2)14-19(15)23-22(18)30/h7-8,13-14,16,20H,3-6,9-12H2,1-2H3,(H,23,30). The van der Waals surface area contributed by atoms with Crippen LogP contribution in [-0.4, -0.2) is 75.3 Å². The molecule has 31 heavy (non-hydrogen) atoms. The fraction of sp³-hybridized carbons (Fsp3) is 0.545. The van der Waals surface area contributed by atoms with E-state index in [4.69, 9.17) is 4.74 Å². The molecule has 1 aliphatic carbocycles. The third-order valence-electron chi connectivity index (χ3n) is 6.71. The number of nitrogens with one attached hydrogen (secondary N) is 1. The molecule has 2 fully saturated rings. The number of likely N-dealkylation sites (N-methyl/N-ethyl adjacent to an activating group) is 1. The van der Waals surface area contributed by atoms with Gasteiger partial charge in [-0.25, -0.2) is 4.68 Å². The fourth-order valence-electron chi connectivity index (χ4n) is 4.90. The molecule has 1 unspecified atom stereocenters. The predicted molar refractivity (Wildman–Crippen MR) is 117 cm³/mol. The SMILES string of the molecule is COc1ccc2cc(C(c3nnnn3C3CCCC3)N3CCN(C)CC3)c(=O)[nH]c2c1. The lowest BCUT2D eigenvalue weighted by atomic mass is 10.0. The van der Waals surface area contributed by atoms with Gasteiger partial charge in [-0.2, -0.15) is 0 Å². The summed E-state index contributed by atoms with van der Waals surface area (Å²) in [6.07, 6.45) is 4.56. The molecule has 0 bridgehead atoms. The minimum absolute atomic E-state index is 0.106. The Hall–Kier alpha value is -2.78. The first-order valence-electron chi connectivity index (χ1n) is 11.1. The van der Waals surface area contributed by atoms with Gasteiger partial charge in [-0.05, 0) is 53.9 Å². The second-order valence-corrected chi connectivity index (χ2v) is 8.67. The molecule has 1 atom stereocenters. The van der Waals surface area contributed by atoms with Crippen LogP contribution in [0, 0.1) is 0 Å². The summed E-state index contributed by atoms with van der Waals surface area (Å²) in [6.45, 7) is 3.62. The Morgan fingerprint density at radius 2 is 1.90 bits per heavy atom.